The third-order valence-corrected chi connectivity index (χ3v) is 4.89. The molecule has 1 heterocycles. The lowest BCUT2D eigenvalue weighted by molar-refractivity contribution is -0.117. The molecule has 0 radical (unpaired) electrons. The first-order valence-corrected chi connectivity index (χ1v) is 7.66. The van der Waals surface area contributed by atoms with E-state index in [4.69, 9.17) is 17.3 Å². The van der Waals surface area contributed by atoms with Gasteiger partial charge in [-0.05, 0) is 37.0 Å². The zero-order valence-corrected chi connectivity index (χ0v) is 12.5. The van der Waals surface area contributed by atoms with Gasteiger partial charge in [-0.15, -0.1) is 0 Å². The predicted molar refractivity (Wildman–Crippen MR) is 83.2 cm³/mol. The molecule has 1 aromatic rings. The van der Waals surface area contributed by atoms with Crippen LogP contribution in [-0.4, -0.2) is 41.7 Å². The van der Waals surface area contributed by atoms with Crippen molar-refractivity contribution >= 4 is 28.9 Å². The number of fused-ring (bicyclic) bond motifs is 1. The van der Waals surface area contributed by atoms with Crippen LogP contribution in [0.5, 0.6) is 0 Å². The van der Waals surface area contributed by atoms with E-state index in [1.54, 1.807) is 18.2 Å². The van der Waals surface area contributed by atoms with Crippen LogP contribution in [0.15, 0.2) is 18.2 Å². The number of anilines is 2. The lowest BCUT2D eigenvalue weighted by atomic mass is 10.00. The number of amides is 1. The zero-order valence-electron chi connectivity index (χ0n) is 11.8. The predicted octanol–water partition coefficient (Wildman–Crippen LogP) is 1.56. The molecule has 0 bridgehead atoms. The van der Waals surface area contributed by atoms with Crippen molar-refractivity contribution in [3.8, 4) is 0 Å². The molecule has 1 aliphatic heterocycles. The fourth-order valence-electron chi connectivity index (χ4n) is 3.48. The maximum atomic E-state index is 12.1. The number of halogens is 1. The second-order valence-electron chi connectivity index (χ2n) is 6.05. The Morgan fingerprint density at radius 2 is 2.24 bits per heavy atom. The minimum absolute atomic E-state index is 0.0637. The van der Waals surface area contributed by atoms with Gasteiger partial charge in [0.1, 0.15) is 0 Å². The number of hydrogen-bond donors (Lipinski definition) is 3. The first-order valence-electron chi connectivity index (χ1n) is 7.28. The van der Waals surface area contributed by atoms with Crippen LogP contribution in [-0.2, 0) is 4.79 Å². The first kappa shape index (κ1) is 14.6. The molecule has 114 valence electrons. The third-order valence-electron chi connectivity index (χ3n) is 4.54. The molecular formula is C15H20ClN3O2. The molecule has 1 aliphatic carbocycles. The minimum Gasteiger partial charge on any atom is -0.397 e. The number of carbonyl (C=O) groups is 1. The molecule has 3 atom stereocenters. The van der Waals surface area contributed by atoms with E-state index in [0.717, 1.165) is 25.9 Å². The summed E-state index contributed by atoms with van der Waals surface area (Å²) in [6.45, 7) is 2.06. The number of nitrogen functional groups attached to an aromatic ring is 1. The summed E-state index contributed by atoms with van der Waals surface area (Å²) in [5.74, 6) is 0.814. The summed E-state index contributed by atoms with van der Waals surface area (Å²) >= 11 is 5.85. The van der Waals surface area contributed by atoms with Crippen LogP contribution in [0.3, 0.4) is 0 Å². The quantitative estimate of drug-likeness (QED) is 0.741. The lowest BCUT2D eigenvalue weighted by Crippen LogP contribution is -2.33. The van der Waals surface area contributed by atoms with Crippen molar-refractivity contribution in [1.29, 1.82) is 0 Å². The Hall–Kier alpha value is -1.30. The van der Waals surface area contributed by atoms with Gasteiger partial charge in [0.15, 0.2) is 0 Å². The molecule has 2 aliphatic rings. The van der Waals surface area contributed by atoms with Crippen molar-refractivity contribution < 1.29 is 9.90 Å². The number of nitrogens with two attached hydrogens (primary N) is 1. The van der Waals surface area contributed by atoms with E-state index >= 15 is 0 Å². The Balaban J connectivity index is 1.54. The summed E-state index contributed by atoms with van der Waals surface area (Å²) in [6.07, 6.45) is 1.77. The van der Waals surface area contributed by atoms with Gasteiger partial charge in [0.05, 0.1) is 23.4 Å². The van der Waals surface area contributed by atoms with Crippen molar-refractivity contribution in [3.63, 3.8) is 0 Å². The Bertz CT molecular complexity index is 552. The van der Waals surface area contributed by atoms with Crippen molar-refractivity contribution in [1.82, 2.24) is 4.90 Å². The summed E-state index contributed by atoms with van der Waals surface area (Å²) in [7, 11) is 0. The van der Waals surface area contributed by atoms with Gasteiger partial charge in [0.25, 0.3) is 0 Å². The van der Waals surface area contributed by atoms with Crippen molar-refractivity contribution in [2.24, 2.45) is 11.8 Å². The summed E-state index contributed by atoms with van der Waals surface area (Å²) in [5.41, 5.74) is 6.82. The van der Waals surface area contributed by atoms with Crippen LogP contribution in [0, 0.1) is 11.8 Å². The molecule has 4 N–H and O–H groups in total. The average Bonchev–Trinajstić information content (AvgIpc) is 2.96. The first-order chi connectivity index (χ1) is 10.0. The molecule has 1 aromatic carbocycles. The van der Waals surface area contributed by atoms with E-state index in [1.165, 1.54) is 0 Å². The van der Waals surface area contributed by atoms with Crippen LogP contribution in [0.2, 0.25) is 5.02 Å². The molecule has 3 unspecified atom stereocenters. The van der Waals surface area contributed by atoms with Gasteiger partial charge in [-0.2, -0.15) is 0 Å². The number of hydrogen-bond acceptors (Lipinski definition) is 4. The van der Waals surface area contributed by atoms with Crippen molar-refractivity contribution in [2.45, 2.75) is 18.9 Å². The summed E-state index contributed by atoms with van der Waals surface area (Å²) in [5, 5.41) is 13.2. The summed E-state index contributed by atoms with van der Waals surface area (Å²) in [4.78, 5) is 14.2. The zero-order chi connectivity index (χ0) is 15.0. The highest BCUT2D eigenvalue weighted by atomic mass is 35.5. The molecule has 1 saturated carbocycles. The highest BCUT2D eigenvalue weighted by molar-refractivity contribution is 6.33. The minimum atomic E-state index is -0.195. The number of carbonyl (C=O) groups excluding carboxylic acids is 1. The molecule has 5 nitrogen and oxygen atoms in total. The molecule has 6 heteroatoms. The number of aliphatic hydroxyl groups is 1. The van der Waals surface area contributed by atoms with Gasteiger partial charge in [-0.25, -0.2) is 0 Å². The Morgan fingerprint density at radius 1 is 1.43 bits per heavy atom. The van der Waals surface area contributed by atoms with Crippen LogP contribution >= 0.6 is 11.6 Å². The maximum absolute atomic E-state index is 12.1. The molecule has 0 aromatic heterocycles. The number of likely N-dealkylation sites (tertiary alicyclic amines) is 1. The molecule has 3 rings (SSSR count). The van der Waals surface area contributed by atoms with Crippen LogP contribution in [0.25, 0.3) is 0 Å². The van der Waals surface area contributed by atoms with Gasteiger partial charge in [-0.3, -0.25) is 9.69 Å². The monoisotopic (exact) mass is 309 g/mol. The van der Waals surface area contributed by atoms with E-state index in [2.05, 4.69) is 10.2 Å². The van der Waals surface area contributed by atoms with E-state index in [1.807, 2.05) is 0 Å². The number of nitrogens with zero attached hydrogens (tertiary/aromatic N) is 1. The SMILES string of the molecule is Nc1cc(NC(=O)CN2CC3CCC(O)C3C2)ccc1Cl. The van der Waals surface area contributed by atoms with Gasteiger partial charge in [0.2, 0.25) is 5.91 Å². The van der Waals surface area contributed by atoms with Gasteiger partial charge in [0, 0.05) is 24.7 Å². The fourth-order valence-corrected chi connectivity index (χ4v) is 3.60. The number of benzene rings is 1. The second kappa shape index (κ2) is 5.83. The van der Waals surface area contributed by atoms with Crippen molar-refractivity contribution in [2.75, 3.05) is 30.7 Å². The van der Waals surface area contributed by atoms with E-state index in [9.17, 15) is 9.90 Å². The molecule has 1 amide bonds. The highest BCUT2D eigenvalue weighted by Crippen LogP contribution is 2.37. The maximum Gasteiger partial charge on any atom is 0.238 e. The molecule has 21 heavy (non-hydrogen) atoms. The number of nitrogens with one attached hydrogen (secondary N) is 1. The smallest absolute Gasteiger partial charge is 0.238 e. The lowest BCUT2D eigenvalue weighted by Gasteiger charge is -2.17. The normalized spacial score (nSPS) is 28.6. The van der Waals surface area contributed by atoms with Crippen molar-refractivity contribution in [3.05, 3.63) is 23.2 Å². The molecular weight excluding hydrogens is 290 g/mol. The summed E-state index contributed by atoms with van der Waals surface area (Å²) in [6, 6.07) is 5.06. The largest absolute Gasteiger partial charge is 0.397 e. The molecule has 2 fully saturated rings. The van der Waals surface area contributed by atoms with Crippen LogP contribution in [0.1, 0.15) is 12.8 Å². The number of rotatable bonds is 3. The molecule has 0 spiro atoms. The number of aliphatic hydroxyl groups excluding tert-OH is 1. The average molecular weight is 310 g/mol. The van der Waals surface area contributed by atoms with Gasteiger partial charge in [-0.1, -0.05) is 11.6 Å². The van der Waals surface area contributed by atoms with E-state index in [0.29, 0.717) is 34.8 Å². The summed E-state index contributed by atoms with van der Waals surface area (Å²) < 4.78 is 0. The van der Waals surface area contributed by atoms with Gasteiger partial charge >= 0.3 is 0 Å². The van der Waals surface area contributed by atoms with Crippen LogP contribution in [0.4, 0.5) is 11.4 Å². The third kappa shape index (κ3) is 3.15. The molecule has 1 saturated heterocycles. The standard InChI is InChI=1S/C15H20ClN3O2/c16-12-3-2-10(5-13(12)17)18-15(21)8-19-6-9-1-4-14(20)11(9)7-19/h2-3,5,9,11,14,20H,1,4,6-8,17H2,(H,18,21). The highest BCUT2D eigenvalue weighted by Gasteiger charge is 2.41. The van der Waals surface area contributed by atoms with Crippen LogP contribution < -0.4 is 11.1 Å². The van der Waals surface area contributed by atoms with E-state index < -0.39 is 0 Å². The van der Waals surface area contributed by atoms with E-state index in [-0.39, 0.29) is 12.0 Å². The second-order valence-corrected chi connectivity index (χ2v) is 6.45. The Kier molecular flexibility index (Phi) is 4.06. The van der Waals surface area contributed by atoms with Gasteiger partial charge < -0.3 is 16.2 Å². The Morgan fingerprint density at radius 3 is 2.95 bits per heavy atom. The fraction of sp³-hybridized carbons (Fsp3) is 0.533. The Labute approximate surface area is 129 Å². The topological polar surface area (TPSA) is 78.6 Å².